The van der Waals surface area contributed by atoms with Gasteiger partial charge >= 0.3 is 6.18 Å². The fraction of sp³-hybridized carbons (Fsp3) is 0.353. The van der Waals surface area contributed by atoms with Crippen LogP contribution in [0.4, 0.5) is 24.7 Å². The van der Waals surface area contributed by atoms with Crippen LogP contribution in [-0.2, 0) is 6.18 Å². The van der Waals surface area contributed by atoms with E-state index in [0.717, 1.165) is 6.07 Å². The smallest absolute Gasteiger partial charge is 0.371 e. The van der Waals surface area contributed by atoms with Crippen molar-refractivity contribution in [3.05, 3.63) is 47.9 Å². The van der Waals surface area contributed by atoms with Gasteiger partial charge in [0.05, 0.1) is 17.2 Å². The summed E-state index contributed by atoms with van der Waals surface area (Å²) in [7, 11) is 0. The van der Waals surface area contributed by atoms with E-state index in [0.29, 0.717) is 31.7 Å². The Kier molecular flexibility index (Phi) is 4.74. The molecule has 0 spiro atoms. The number of hydrogen-bond acceptors (Lipinski definition) is 5. The summed E-state index contributed by atoms with van der Waals surface area (Å²) >= 11 is 0. The summed E-state index contributed by atoms with van der Waals surface area (Å²) in [4.78, 5) is 9.67. The van der Waals surface area contributed by atoms with Crippen molar-refractivity contribution >= 4 is 11.5 Å². The molecule has 2 aromatic rings. The van der Waals surface area contributed by atoms with Crippen LogP contribution in [0.15, 0.2) is 36.8 Å². The quantitative estimate of drug-likeness (QED) is 0.921. The van der Waals surface area contributed by atoms with Crippen LogP contribution in [0, 0.1) is 11.3 Å². The number of hydrogen-bond donors (Lipinski definition) is 1. The highest BCUT2D eigenvalue weighted by molar-refractivity contribution is 5.58. The van der Waals surface area contributed by atoms with Gasteiger partial charge in [-0.05, 0) is 37.1 Å². The van der Waals surface area contributed by atoms with Gasteiger partial charge in [0, 0.05) is 31.0 Å². The molecule has 1 aromatic heterocycles. The van der Waals surface area contributed by atoms with Crippen molar-refractivity contribution in [2.75, 3.05) is 23.3 Å². The molecular formula is C17H16F3N5. The van der Waals surface area contributed by atoms with E-state index in [2.05, 4.69) is 15.3 Å². The van der Waals surface area contributed by atoms with Crippen LogP contribution in [0.25, 0.3) is 0 Å². The van der Waals surface area contributed by atoms with Gasteiger partial charge in [0.2, 0.25) is 0 Å². The monoisotopic (exact) mass is 347 g/mol. The molecule has 1 aliphatic heterocycles. The highest BCUT2D eigenvalue weighted by Crippen LogP contribution is 2.38. The zero-order valence-electron chi connectivity index (χ0n) is 13.3. The van der Waals surface area contributed by atoms with Crippen LogP contribution in [0.5, 0.6) is 0 Å². The summed E-state index contributed by atoms with van der Waals surface area (Å²) in [6.07, 6.45) is -0.0124. The number of aromatic nitrogens is 2. The maximum Gasteiger partial charge on any atom is 0.418 e. The Morgan fingerprint density at radius 3 is 2.56 bits per heavy atom. The molecule has 0 bridgehead atoms. The molecule has 1 N–H and O–H groups in total. The highest BCUT2D eigenvalue weighted by atomic mass is 19.4. The molecule has 1 fully saturated rings. The van der Waals surface area contributed by atoms with Crippen molar-refractivity contribution in [1.29, 1.82) is 5.26 Å². The first-order valence-electron chi connectivity index (χ1n) is 7.86. The molecule has 0 saturated carbocycles. The standard InChI is InChI=1S/C17H16F3N5/c18-17(19,20)14-9-12(10-21)1-2-15(14)25-7-4-13(5-8-25)24-16-3-6-22-11-23-16/h1-3,6,9,11,13H,4-5,7-8H2,(H,22,23,24). The van der Waals surface area contributed by atoms with E-state index in [4.69, 9.17) is 5.26 Å². The van der Waals surface area contributed by atoms with Crippen molar-refractivity contribution in [2.24, 2.45) is 0 Å². The average molecular weight is 347 g/mol. The molecule has 1 aliphatic rings. The van der Waals surface area contributed by atoms with Gasteiger partial charge in [-0.25, -0.2) is 9.97 Å². The minimum atomic E-state index is -4.49. The number of anilines is 2. The summed E-state index contributed by atoms with van der Waals surface area (Å²) in [5, 5.41) is 12.1. The molecule has 0 aliphatic carbocycles. The van der Waals surface area contributed by atoms with E-state index in [1.54, 1.807) is 23.2 Å². The Morgan fingerprint density at radius 2 is 1.96 bits per heavy atom. The summed E-state index contributed by atoms with van der Waals surface area (Å²) in [5.41, 5.74) is -0.614. The van der Waals surface area contributed by atoms with E-state index in [9.17, 15) is 13.2 Å². The largest absolute Gasteiger partial charge is 0.418 e. The lowest BCUT2D eigenvalue weighted by molar-refractivity contribution is -0.137. The molecule has 25 heavy (non-hydrogen) atoms. The lowest BCUT2D eigenvalue weighted by atomic mass is 10.0. The SMILES string of the molecule is N#Cc1ccc(N2CCC(Nc3ccncn3)CC2)c(C(F)(F)F)c1. The number of nitriles is 1. The highest BCUT2D eigenvalue weighted by Gasteiger charge is 2.36. The zero-order chi connectivity index (χ0) is 17.9. The number of alkyl halides is 3. The van der Waals surface area contributed by atoms with Crippen LogP contribution >= 0.6 is 0 Å². The third kappa shape index (κ3) is 3.99. The van der Waals surface area contributed by atoms with Gasteiger partial charge in [0.25, 0.3) is 0 Å². The molecule has 0 unspecified atom stereocenters. The molecule has 0 radical (unpaired) electrons. The van der Waals surface area contributed by atoms with Crippen LogP contribution in [-0.4, -0.2) is 29.1 Å². The van der Waals surface area contributed by atoms with Gasteiger partial charge in [-0.3, -0.25) is 0 Å². The van der Waals surface area contributed by atoms with E-state index in [-0.39, 0.29) is 17.3 Å². The van der Waals surface area contributed by atoms with Gasteiger partial charge in [-0.15, -0.1) is 0 Å². The Bertz CT molecular complexity index is 762. The summed E-state index contributed by atoms with van der Waals surface area (Å²) in [6.45, 7) is 0.995. The average Bonchev–Trinajstić information content (AvgIpc) is 2.62. The Labute approximate surface area is 143 Å². The van der Waals surface area contributed by atoms with E-state index in [1.807, 2.05) is 0 Å². The van der Waals surface area contributed by atoms with E-state index in [1.165, 1.54) is 18.5 Å². The maximum atomic E-state index is 13.3. The lowest BCUT2D eigenvalue weighted by Crippen LogP contribution is -2.40. The van der Waals surface area contributed by atoms with Crippen LogP contribution in [0.1, 0.15) is 24.0 Å². The van der Waals surface area contributed by atoms with E-state index < -0.39 is 11.7 Å². The molecule has 8 heteroatoms. The molecule has 5 nitrogen and oxygen atoms in total. The molecule has 1 saturated heterocycles. The number of rotatable bonds is 3. The minimum absolute atomic E-state index is 0.0105. The third-order valence-corrected chi connectivity index (χ3v) is 4.20. The normalized spacial score (nSPS) is 15.7. The van der Waals surface area contributed by atoms with Gasteiger partial charge in [-0.1, -0.05) is 0 Å². The first kappa shape index (κ1) is 17.0. The molecule has 0 amide bonds. The molecule has 1 aromatic carbocycles. The van der Waals surface area contributed by atoms with Crippen molar-refractivity contribution < 1.29 is 13.2 Å². The van der Waals surface area contributed by atoms with Gasteiger partial charge < -0.3 is 10.2 Å². The van der Waals surface area contributed by atoms with Crippen molar-refractivity contribution in [1.82, 2.24) is 9.97 Å². The number of benzene rings is 1. The third-order valence-electron chi connectivity index (χ3n) is 4.20. The minimum Gasteiger partial charge on any atom is -0.371 e. The Balaban J connectivity index is 1.72. The second-order valence-corrected chi connectivity index (χ2v) is 5.84. The number of nitrogens with one attached hydrogen (secondary N) is 1. The Morgan fingerprint density at radius 1 is 1.20 bits per heavy atom. The molecular weight excluding hydrogens is 331 g/mol. The first-order chi connectivity index (χ1) is 12.0. The molecule has 130 valence electrons. The fourth-order valence-electron chi connectivity index (χ4n) is 2.96. The van der Waals surface area contributed by atoms with Gasteiger partial charge in [-0.2, -0.15) is 18.4 Å². The summed E-state index contributed by atoms with van der Waals surface area (Å²) < 4.78 is 40.0. The van der Waals surface area contributed by atoms with Gasteiger partial charge in [0.1, 0.15) is 12.1 Å². The second-order valence-electron chi connectivity index (χ2n) is 5.84. The predicted molar refractivity (Wildman–Crippen MR) is 87.0 cm³/mol. The van der Waals surface area contributed by atoms with Crippen LogP contribution in [0.2, 0.25) is 0 Å². The number of nitrogens with zero attached hydrogens (tertiary/aromatic N) is 4. The van der Waals surface area contributed by atoms with Crippen LogP contribution < -0.4 is 10.2 Å². The maximum absolute atomic E-state index is 13.3. The summed E-state index contributed by atoms with van der Waals surface area (Å²) in [5.74, 6) is 0.711. The molecule has 3 rings (SSSR count). The van der Waals surface area contributed by atoms with Crippen molar-refractivity contribution in [3.63, 3.8) is 0 Å². The zero-order valence-corrected chi connectivity index (χ0v) is 13.3. The van der Waals surface area contributed by atoms with Gasteiger partial charge in [0.15, 0.2) is 0 Å². The molecule has 0 atom stereocenters. The van der Waals surface area contributed by atoms with Crippen molar-refractivity contribution in [3.8, 4) is 6.07 Å². The Hall–Kier alpha value is -2.82. The number of halogens is 3. The second kappa shape index (κ2) is 6.97. The number of piperidine rings is 1. The topological polar surface area (TPSA) is 64.8 Å². The summed E-state index contributed by atoms with van der Waals surface area (Å²) in [6, 6.07) is 7.41. The van der Waals surface area contributed by atoms with Crippen LogP contribution in [0.3, 0.4) is 0 Å². The first-order valence-corrected chi connectivity index (χ1v) is 7.86. The molecule has 2 heterocycles. The fourth-order valence-corrected chi connectivity index (χ4v) is 2.96. The van der Waals surface area contributed by atoms with Crippen molar-refractivity contribution in [2.45, 2.75) is 25.1 Å². The predicted octanol–water partition coefficient (Wildman–Crippen LogP) is 3.45. The van der Waals surface area contributed by atoms with E-state index >= 15 is 0 Å². The lowest BCUT2D eigenvalue weighted by Gasteiger charge is -2.35.